The molecule has 3 aromatic rings. The molecule has 1 amide bonds. The molecule has 178 valence electrons. The molecule has 9 heteroatoms. The van der Waals surface area contributed by atoms with Crippen molar-refractivity contribution in [2.24, 2.45) is 5.41 Å². The maximum Gasteiger partial charge on any atom is 0.316 e. The Balaban J connectivity index is 1.48. The number of methoxy groups -OCH3 is 1. The third kappa shape index (κ3) is 4.61. The van der Waals surface area contributed by atoms with Gasteiger partial charge in [-0.1, -0.05) is 18.2 Å². The van der Waals surface area contributed by atoms with E-state index in [0.29, 0.717) is 12.4 Å². The number of nitrogens with zero attached hydrogens (tertiary/aromatic N) is 2. The molecule has 0 N–H and O–H groups in total. The number of para-hydroxylation sites is 1. The van der Waals surface area contributed by atoms with E-state index < -0.39 is 27.0 Å². The van der Waals surface area contributed by atoms with Crippen molar-refractivity contribution in [2.75, 3.05) is 26.0 Å². The Morgan fingerprint density at radius 2 is 1.76 bits per heavy atom. The van der Waals surface area contributed by atoms with Crippen molar-refractivity contribution in [2.45, 2.75) is 25.3 Å². The predicted octanol–water partition coefficient (Wildman–Crippen LogP) is 2.92. The number of hydrogen-bond donors (Lipinski definition) is 0. The van der Waals surface area contributed by atoms with E-state index in [1.165, 1.54) is 31.1 Å². The van der Waals surface area contributed by atoms with Crippen LogP contribution in [0.5, 0.6) is 5.75 Å². The van der Waals surface area contributed by atoms with E-state index in [1.54, 1.807) is 12.1 Å². The van der Waals surface area contributed by atoms with E-state index in [-0.39, 0.29) is 23.9 Å². The molecule has 0 saturated carbocycles. The first-order valence-corrected chi connectivity index (χ1v) is 12.4. The average molecular weight is 483 g/mol. The van der Waals surface area contributed by atoms with Gasteiger partial charge >= 0.3 is 5.97 Å². The van der Waals surface area contributed by atoms with Gasteiger partial charge in [0.25, 0.3) is 0 Å². The molecule has 0 spiro atoms. The van der Waals surface area contributed by atoms with E-state index in [0.717, 1.165) is 22.2 Å². The summed E-state index contributed by atoms with van der Waals surface area (Å²) >= 11 is 0. The second kappa shape index (κ2) is 9.06. The second-order valence-corrected chi connectivity index (χ2v) is 10.6. The molecular weight excluding hydrogens is 456 g/mol. The fraction of sp³-hybridized carbons (Fsp3) is 0.320. The molecule has 1 fully saturated rings. The Morgan fingerprint density at radius 3 is 2.41 bits per heavy atom. The number of pyridine rings is 1. The second-order valence-electron chi connectivity index (χ2n) is 8.61. The molecule has 0 radical (unpaired) electrons. The summed E-state index contributed by atoms with van der Waals surface area (Å²) in [5, 5.41) is 1.00. The standard InChI is InChI=1S/C25H26N2O6S/c1-17-12-19(22-6-4-5-7-23(22)26-17)13-33-20-8-10-21(11-9-20)34(30,31)16-25(24(29)32-3)14-27(15-25)18(2)28/h4-12H,13-16H2,1-3H3. The number of likely N-dealkylation sites (tertiary alicyclic amines) is 1. The normalized spacial score (nSPS) is 15.0. The van der Waals surface area contributed by atoms with Gasteiger partial charge in [0.05, 0.1) is 23.3 Å². The summed E-state index contributed by atoms with van der Waals surface area (Å²) in [5.41, 5.74) is 1.51. The van der Waals surface area contributed by atoms with Crippen molar-refractivity contribution in [1.82, 2.24) is 9.88 Å². The molecule has 8 nitrogen and oxygen atoms in total. The van der Waals surface area contributed by atoms with Gasteiger partial charge in [0.15, 0.2) is 9.84 Å². The van der Waals surface area contributed by atoms with Crippen LogP contribution >= 0.6 is 0 Å². The third-order valence-electron chi connectivity index (χ3n) is 6.02. The molecule has 1 aromatic heterocycles. The van der Waals surface area contributed by atoms with Gasteiger partial charge in [0.2, 0.25) is 5.91 Å². The number of aryl methyl sites for hydroxylation is 1. The van der Waals surface area contributed by atoms with E-state index in [4.69, 9.17) is 9.47 Å². The molecule has 1 saturated heterocycles. The third-order valence-corrected chi connectivity index (χ3v) is 7.95. The van der Waals surface area contributed by atoms with Crippen molar-refractivity contribution in [3.05, 3.63) is 65.9 Å². The maximum absolute atomic E-state index is 13.1. The molecule has 0 aliphatic carbocycles. The highest BCUT2D eigenvalue weighted by Gasteiger charge is 2.54. The molecule has 0 bridgehead atoms. The summed E-state index contributed by atoms with van der Waals surface area (Å²) in [6, 6.07) is 15.9. The van der Waals surface area contributed by atoms with Gasteiger partial charge in [0, 0.05) is 36.7 Å². The van der Waals surface area contributed by atoms with Crippen LogP contribution in [0.2, 0.25) is 0 Å². The van der Waals surface area contributed by atoms with Crippen LogP contribution in [-0.2, 0) is 30.8 Å². The Morgan fingerprint density at radius 1 is 1.09 bits per heavy atom. The van der Waals surface area contributed by atoms with Gasteiger partial charge in [-0.3, -0.25) is 14.6 Å². The van der Waals surface area contributed by atoms with Crippen LogP contribution in [0.1, 0.15) is 18.2 Å². The van der Waals surface area contributed by atoms with Gasteiger partial charge < -0.3 is 14.4 Å². The van der Waals surface area contributed by atoms with E-state index >= 15 is 0 Å². The summed E-state index contributed by atoms with van der Waals surface area (Å²) in [7, 11) is -2.59. The van der Waals surface area contributed by atoms with E-state index in [2.05, 4.69) is 4.98 Å². The topological polar surface area (TPSA) is 103 Å². The zero-order valence-corrected chi connectivity index (χ0v) is 20.1. The molecular formula is C25H26N2O6S. The van der Waals surface area contributed by atoms with Crippen molar-refractivity contribution >= 4 is 32.6 Å². The lowest BCUT2D eigenvalue weighted by atomic mass is 9.81. The SMILES string of the molecule is COC(=O)C1(CS(=O)(=O)c2ccc(OCc3cc(C)nc4ccccc34)cc2)CN(C(C)=O)C1. The fourth-order valence-electron chi connectivity index (χ4n) is 4.27. The minimum Gasteiger partial charge on any atom is -0.489 e. The van der Waals surface area contributed by atoms with Gasteiger partial charge in [-0.05, 0) is 43.3 Å². The lowest BCUT2D eigenvalue weighted by Crippen LogP contribution is -2.64. The van der Waals surface area contributed by atoms with Crippen molar-refractivity contribution in [3.8, 4) is 5.75 Å². The molecule has 1 aliphatic rings. The number of benzene rings is 2. The van der Waals surface area contributed by atoms with Crippen molar-refractivity contribution in [1.29, 1.82) is 0 Å². The van der Waals surface area contributed by atoms with E-state index in [9.17, 15) is 18.0 Å². The zero-order valence-electron chi connectivity index (χ0n) is 19.3. The number of ether oxygens (including phenoxy) is 2. The average Bonchev–Trinajstić information content (AvgIpc) is 2.79. The van der Waals surface area contributed by atoms with Crippen LogP contribution in [0.4, 0.5) is 0 Å². The smallest absolute Gasteiger partial charge is 0.316 e. The number of aromatic nitrogens is 1. The highest BCUT2D eigenvalue weighted by molar-refractivity contribution is 7.91. The van der Waals surface area contributed by atoms with Crippen LogP contribution in [0.15, 0.2) is 59.5 Å². The van der Waals surface area contributed by atoms with Crippen molar-refractivity contribution < 1.29 is 27.5 Å². The number of carbonyl (C=O) groups excluding carboxylic acids is 2. The van der Waals surface area contributed by atoms with Gasteiger partial charge in [-0.2, -0.15) is 0 Å². The summed E-state index contributed by atoms with van der Waals surface area (Å²) in [6.45, 7) is 3.66. The molecule has 4 rings (SSSR count). The fourth-order valence-corrected chi connectivity index (χ4v) is 6.01. The minimum absolute atomic E-state index is 0.0226. The number of hydrogen-bond acceptors (Lipinski definition) is 7. The zero-order chi connectivity index (χ0) is 24.5. The number of sulfone groups is 1. The lowest BCUT2D eigenvalue weighted by Gasteiger charge is -2.47. The molecule has 2 aromatic carbocycles. The Labute approximate surface area is 198 Å². The molecule has 0 unspecified atom stereocenters. The van der Waals surface area contributed by atoms with Gasteiger partial charge in [0.1, 0.15) is 17.8 Å². The Kier molecular flexibility index (Phi) is 6.31. The molecule has 1 aliphatic heterocycles. The van der Waals surface area contributed by atoms with Crippen LogP contribution < -0.4 is 4.74 Å². The maximum atomic E-state index is 13.1. The largest absolute Gasteiger partial charge is 0.489 e. The summed E-state index contributed by atoms with van der Waals surface area (Å²) in [5.74, 6) is -0.755. The van der Waals surface area contributed by atoms with Crippen LogP contribution in [0.25, 0.3) is 10.9 Å². The Hall–Kier alpha value is -3.46. The molecule has 34 heavy (non-hydrogen) atoms. The van der Waals surface area contributed by atoms with E-state index in [1.807, 2.05) is 37.3 Å². The highest BCUT2D eigenvalue weighted by atomic mass is 32.2. The summed E-state index contributed by atoms with van der Waals surface area (Å²) in [4.78, 5) is 29.9. The summed E-state index contributed by atoms with van der Waals surface area (Å²) in [6.07, 6.45) is 0. The van der Waals surface area contributed by atoms with Gasteiger partial charge in [-0.25, -0.2) is 8.42 Å². The first kappa shape index (κ1) is 23.7. The number of rotatable bonds is 7. The highest BCUT2D eigenvalue weighted by Crippen LogP contribution is 2.35. The number of esters is 1. The quantitative estimate of drug-likeness (QED) is 0.477. The monoisotopic (exact) mass is 482 g/mol. The molecule has 0 atom stereocenters. The first-order valence-electron chi connectivity index (χ1n) is 10.8. The Bertz CT molecular complexity index is 1350. The molecule has 2 heterocycles. The number of amides is 1. The van der Waals surface area contributed by atoms with Crippen LogP contribution in [-0.4, -0.2) is 56.1 Å². The van der Waals surface area contributed by atoms with Crippen LogP contribution in [0, 0.1) is 12.3 Å². The first-order chi connectivity index (χ1) is 16.1. The number of carbonyl (C=O) groups is 2. The lowest BCUT2D eigenvalue weighted by molar-refractivity contribution is -0.165. The minimum atomic E-state index is -3.80. The van der Waals surface area contributed by atoms with Crippen LogP contribution in [0.3, 0.4) is 0 Å². The van der Waals surface area contributed by atoms with Crippen molar-refractivity contribution in [3.63, 3.8) is 0 Å². The predicted molar refractivity (Wildman–Crippen MR) is 126 cm³/mol. The number of fused-ring (bicyclic) bond motifs is 1. The summed E-state index contributed by atoms with van der Waals surface area (Å²) < 4.78 is 36.9. The van der Waals surface area contributed by atoms with Gasteiger partial charge in [-0.15, -0.1) is 0 Å².